The zero-order valence-electron chi connectivity index (χ0n) is 10.8. The van der Waals surface area contributed by atoms with Crippen LogP contribution in [-0.2, 0) is 16.6 Å². The lowest BCUT2D eigenvalue weighted by atomic mass is 10.2. The summed E-state index contributed by atoms with van der Waals surface area (Å²) in [6.45, 7) is 1.78. The smallest absolute Gasteiger partial charge is 0.257 e. The average Bonchev–Trinajstić information content (AvgIpc) is 3.09. The number of hydrogen-bond donors (Lipinski definition) is 0. The Morgan fingerprint density at radius 1 is 1.20 bits per heavy atom. The van der Waals surface area contributed by atoms with Crippen LogP contribution >= 0.6 is 0 Å². The third-order valence-corrected chi connectivity index (χ3v) is 4.24. The van der Waals surface area contributed by atoms with Gasteiger partial charge in [-0.1, -0.05) is 23.4 Å². The van der Waals surface area contributed by atoms with Crippen molar-refractivity contribution in [3.05, 3.63) is 54.2 Å². The Balaban J connectivity index is 1.78. The second-order valence-electron chi connectivity index (χ2n) is 4.21. The van der Waals surface area contributed by atoms with E-state index in [2.05, 4.69) is 10.1 Å². The molecule has 0 aliphatic carbocycles. The molecule has 0 radical (unpaired) electrons. The topological polar surface area (TPSA) is 69.1 Å². The lowest BCUT2D eigenvalue weighted by Crippen LogP contribution is -1.98. The number of furan rings is 1. The van der Waals surface area contributed by atoms with Crippen molar-refractivity contribution < 1.29 is 13.1 Å². The molecule has 0 N–H and O–H groups in total. The summed E-state index contributed by atoms with van der Waals surface area (Å²) in [5, 5.41) is 3.86. The summed E-state index contributed by atoms with van der Waals surface area (Å²) in [5.74, 6) is 1.70. The number of aromatic nitrogens is 2. The Kier molecular flexibility index (Phi) is 3.47. The van der Waals surface area contributed by atoms with Gasteiger partial charge in [0.1, 0.15) is 5.76 Å². The van der Waals surface area contributed by atoms with Crippen LogP contribution in [0.15, 0.2) is 56.5 Å². The molecular formula is C14H12N2O3S. The van der Waals surface area contributed by atoms with Gasteiger partial charge >= 0.3 is 0 Å². The number of nitrogens with zero attached hydrogens (tertiary/aromatic N) is 2. The molecule has 0 aliphatic rings. The highest BCUT2D eigenvalue weighted by Crippen LogP contribution is 2.19. The zero-order chi connectivity index (χ0) is 13.9. The molecule has 5 nitrogen and oxygen atoms in total. The third kappa shape index (κ3) is 2.55. The number of aryl methyl sites for hydroxylation is 1. The van der Waals surface area contributed by atoms with Crippen molar-refractivity contribution in [3.63, 3.8) is 0 Å². The van der Waals surface area contributed by atoms with Crippen LogP contribution in [0.25, 0.3) is 11.5 Å². The first-order chi connectivity index (χ1) is 9.74. The van der Waals surface area contributed by atoms with Gasteiger partial charge in [-0.05, 0) is 25.1 Å². The first kappa shape index (κ1) is 12.8. The fourth-order valence-electron chi connectivity index (χ4n) is 1.82. The van der Waals surface area contributed by atoms with Gasteiger partial charge in [0.05, 0.1) is 27.7 Å². The molecule has 0 aliphatic heterocycles. The molecule has 0 amide bonds. The van der Waals surface area contributed by atoms with Gasteiger partial charge in [0.25, 0.3) is 5.89 Å². The molecule has 3 aromatic rings. The second kappa shape index (κ2) is 5.42. The van der Waals surface area contributed by atoms with Crippen LogP contribution in [0.5, 0.6) is 0 Å². The van der Waals surface area contributed by atoms with Gasteiger partial charge in [0, 0.05) is 5.56 Å². The standard InChI is InChI=1S/C14H12N2O3S/c1-10-12(7-8-18-10)20(17)9-13-15-14(19-16-13)11-5-3-2-4-6-11/h2-8H,9H2,1H3. The van der Waals surface area contributed by atoms with Crippen molar-refractivity contribution >= 4 is 10.8 Å². The predicted octanol–water partition coefficient (Wildman–Crippen LogP) is 2.95. The van der Waals surface area contributed by atoms with Crippen molar-refractivity contribution in [1.29, 1.82) is 0 Å². The Hall–Kier alpha value is -2.21. The Labute approximate surface area is 118 Å². The van der Waals surface area contributed by atoms with Crippen LogP contribution in [0.3, 0.4) is 0 Å². The zero-order valence-corrected chi connectivity index (χ0v) is 11.6. The summed E-state index contributed by atoms with van der Waals surface area (Å²) in [4.78, 5) is 4.92. The van der Waals surface area contributed by atoms with Gasteiger partial charge in [-0.2, -0.15) is 4.98 Å². The summed E-state index contributed by atoms with van der Waals surface area (Å²) >= 11 is 0. The molecule has 1 atom stereocenters. The summed E-state index contributed by atoms with van der Waals surface area (Å²) in [5.41, 5.74) is 0.844. The van der Waals surface area contributed by atoms with E-state index in [4.69, 9.17) is 8.94 Å². The molecule has 0 saturated carbocycles. The van der Waals surface area contributed by atoms with E-state index in [9.17, 15) is 4.21 Å². The lowest BCUT2D eigenvalue weighted by Gasteiger charge is -1.95. The van der Waals surface area contributed by atoms with Crippen molar-refractivity contribution in [3.8, 4) is 11.5 Å². The van der Waals surface area contributed by atoms with Gasteiger partial charge in [-0.3, -0.25) is 4.21 Å². The van der Waals surface area contributed by atoms with Crippen LogP contribution in [0.4, 0.5) is 0 Å². The number of rotatable bonds is 4. The van der Waals surface area contributed by atoms with Gasteiger partial charge in [0.15, 0.2) is 5.82 Å². The van der Waals surface area contributed by atoms with E-state index in [1.54, 1.807) is 13.0 Å². The highest BCUT2D eigenvalue weighted by atomic mass is 32.2. The molecule has 0 fully saturated rings. The van der Waals surface area contributed by atoms with Gasteiger partial charge in [-0.25, -0.2) is 0 Å². The van der Waals surface area contributed by atoms with E-state index < -0.39 is 10.8 Å². The maximum absolute atomic E-state index is 12.2. The van der Waals surface area contributed by atoms with Crippen LogP contribution in [0, 0.1) is 6.92 Å². The van der Waals surface area contributed by atoms with Crippen LogP contribution < -0.4 is 0 Å². The van der Waals surface area contributed by atoms with Crippen LogP contribution in [0.1, 0.15) is 11.6 Å². The SMILES string of the molecule is Cc1occc1S(=O)Cc1noc(-c2ccccc2)n1. The molecule has 2 aromatic heterocycles. The minimum atomic E-state index is -1.24. The summed E-state index contributed by atoms with van der Waals surface area (Å²) in [6, 6.07) is 11.2. The quantitative estimate of drug-likeness (QED) is 0.738. The van der Waals surface area contributed by atoms with Gasteiger partial charge in [-0.15, -0.1) is 0 Å². The van der Waals surface area contributed by atoms with E-state index >= 15 is 0 Å². The molecule has 0 saturated heterocycles. The van der Waals surface area contributed by atoms with Gasteiger partial charge in [0.2, 0.25) is 0 Å². The number of benzene rings is 1. The third-order valence-electron chi connectivity index (χ3n) is 2.81. The largest absolute Gasteiger partial charge is 0.468 e. The number of hydrogen-bond acceptors (Lipinski definition) is 5. The first-order valence-corrected chi connectivity index (χ1v) is 7.36. The molecule has 6 heteroatoms. The van der Waals surface area contributed by atoms with E-state index in [-0.39, 0.29) is 5.75 Å². The summed E-state index contributed by atoms with van der Waals surface area (Å²) in [6.07, 6.45) is 1.52. The first-order valence-electron chi connectivity index (χ1n) is 6.04. The Bertz CT molecular complexity index is 734. The molecule has 20 heavy (non-hydrogen) atoms. The molecule has 2 heterocycles. The normalized spacial score (nSPS) is 12.4. The van der Waals surface area contributed by atoms with E-state index in [1.165, 1.54) is 6.26 Å². The van der Waals surface area contributed by atoms with Crippen molar-refractivity contribution in [2.24, 2.45) is 0 Å². The maximum atomic E-state index is 12.2. The van der Waals surface area contributed by atoms with Crippen LogP contribution in [-0.4, -0.2) is 14.3 Å². The predicted molar refractivity (Wildman–Crippen MR) is 73.3 cm³/mol. The van der Waals surface area contributed by atoms with Crippen molar-refractivity contribution in [1.82, 2.24) is 10.1 Å². The molecule has 0 spiro atoms. The second-order valence-corrected chi connectivity index (χ2v) is 5.63. The van der Waals surface area contributed by atoms with Crippen molar-refractivity contribution in [2.45, 2.75) is 17.6 Å². The molecule has 3 rings (SSSR count). The van der Waals surface area contributed by atoms with E-state index in [0.29, 0.717) is 22.4 Å². The van der Waals surface area contributed by atoms with Crippen molar-refractivity contribution in [2.75, 3.05) is 0 Å². The van der Waals surface area contributed by atoms with E-state index in [0.717, 1.165) is 5.56 Å². The maximum Gasteiger partial charge on any atom is 0.257 e. The molecular weight excluding hydrogens is 276 g/mol. The fraction of sp³-hybridized carbons (Fsp3) is 0.143. The molecule has 0 bridgehead atoms. The molecule has 1 unspecified atom stereocenters. The van der Waals surface area contributed by atoms with Gasteiger partial charge < -0.3 is 8.94 Å². The molecule has 102 valence electrons. The van der Waals surface area contributed by atoms with Crippen LogP contribution in [0.2, 0.25) is 0 Å². The Morgan fingerprint density at radius 3 is 2.70 bits per heavy atom. The minimum Gasteiger partial charge on any atom is -0.468 e. The highest BCUT2D eigenvalue weighted by molar-refractivity contribution is 7.84. The Morgan fingerprint density at radius 2 is 2.00 bits per heavy atom. The lowest BCUT2D eigenvalue weighted by molar-refractivity contribution is 0.425. The fourth-order valence-corrected chi connectivity index (χ4v) is 2.90. The monoisotopic (exact) mass is 288 g/mol. The highest BCUT2D eigenvalue weighted by Gasteiger charge is 2.15. The molecule has 1 aromatic carbocycles. The minimum absolute atomic E-state index is 0.205. The average molecular weight is 288 g/mol. The van der Waals surface area contributed by atoms with E-state index in [1.807, 2.05) is 30.3 Å². The summed E-state index contributed by atoms with van der Waals surface area (Å²) < 4.78 is 22.5. The summed E-state index contributed by atoms with van der Waals surface area (Å²) in [7, 11) is -1.24.